The number of rotatable bonds is 5. The second kappa shape index (κ2) is 10.1. The Morgan fingerprint density at radius 3 is 2.61 bits per heavy atom. The molecule has 0 aliphatic carbocycles. The van der Waals surface area contributed by atoms with Gasteiger partial charge in [0.05, 0.1) is 11.9 Å². The van der Waals surface area contributed by atoms with Crippen molar-refractivity contribution in [2.75, 3.05) is 18.5 Å². The minimum absolute atomic E-state index is 0.0104. The van der Waals surface area contributed by atoms with Crippen molar-refractivity contribution in [1.29, 1.82) is 0 Å². The van der Waals surface area contributed by atoms with Gasteiger partial charge >= 0.3 is 6.18 Å². The van der Waals surface area contributed by atoms with Crippen LogP contribution in [0.5, 0.6) is 0 Å². The quantitative estimate of drug-likeness (QED) is 0.569. The molecule has 1 saturated heterocycles. The number of alkyl halides is 3. The number of nitrogens with two attached hydrogens (primary N) is 1. The molecule has 164 valence electrons. The summed E-state index contributed by atoms with van der Waals surface area (Å²) < 4.78 is 46.4. The van der Waals surface area contributed by atoms with Crippen LogP contribution in [0.3, 0.4) is 0 Å². The second-order valence-corrected chi connectivity index (χ2v) is 7.81. The molecule has 0 unspecified atom stereocenters. The first kappa shape index (κ1) is 23.0. The Bertz CT molecular complexity index is 985. The third-order valence-electron chi connectivity index (χ3n) is 4.61. The van der Waals surface area contributed by atoms with Crippen molar-refractivity contribution in [2.24, 2.45) is 16.6 Å². The molecular formula is C21H20BrF3N4O2. The van der Waals surface area contributed by atoms with Crippen molar-refractivity contribution in [3.8, 4) is 0 Å². The van der Waals surface area contributed by atoms with Crippen molar-refractivity contribution in [2.45, 2.75) is 19.0 Å². The lowest BCUT2D eigenvalue weighted by molar-refractivity contribution is -0.0577. The van der Waals surface area contributed by atoms with Crippen LogP contribution in [-0.2, 0) is 4.74 Å². The normalized spacial score (nSPS) is 16.3. The molecule has 10 heteroatoms. The van der Waals surface area contributed by atoms with E-state index in [0.29, 0.717) is 31.6 Å². The van der Waals surface area contributed by atoms with E-state index in [1.165, 1.54) is 12.1 Å². The van der Waals surface area contributed by atoms with Crippen LogP contribution in [0, 0.1) is 5.92 Å². The maximum atomic E-state index is 13.5. The molecule has 1 aliphatic rings. The topological polar surface area (TPSA) is 89.6 Å². The Balaban J connectivity index is 1.76. The van der Waals surface area contributed by atoms with Gasteiger partial charge in [0.15, 0.2) is 0 Å². The summed E-state index contributed by atoms with van der Waals surface area (Å²) in [5, 5.41) is 2.59. The molecule has 3 rings (SSSR count). The van der Waals surface area contributed by atoms with Crippen LogP contribution in [-0.4, -0.2) is 36.0 Å². The summed E-state index contributed by atoms with van der Waals surface area (Å²) in [4.78, 5) is 19.9. The van der Waals surface area contributed by atoms with Crippen LogP contribution in [0.15, 0.2) is 63.8 Å². The van der Waals surface area contributed by atoms with Crippen LogP contribution in [0.25, 0.3) is 0 Å². The van der Waals surface area contributed by atoms with Gasteiger partial charge in [-0.15, -0.1) is 0 Å². The number of hydrogen-bond acceptors (Lipinski definition) is 5. The van der Waals surface area contributed by atoms with Gasteiger partial charge in [-0.1, -0.05) is 22.0 Å². The van der Waals surface area contributed by atoms with Gasteiger partial charge in [0.25, 0.3) is 5.91 Å². The summed E-state index contributed by atoms with van der Waals surface area (Å²) in [6, 6.07) is 9.48. The third kappa shape index (κ3) is 6.63. The highest BCUT2D eigenvalue weighted by molar-refractivity contribution is 9.10. The molecule has 1 aliphatic heterocycles. The number of ether oxygens (including phenoxy) is 1. The molecule has 1 aromatic carbocycles. The van der Waals surface area contributed by atoms with Gasteiger partial charge in [-0.3, -0.25) is 4.79 Å². The molecule has 6 nitrogen and oxygen atoms in total. The second-order valence-electron chi connectivity index (χ2n) is 6.89. The fraction of sp³-hybridized carbons (Fsp3) is 0.286. The maximum Gasteiger partial charge on any atom is 0.433 e. The minimum atomic E-state index is -4.68. The summed E-state index contributed by atoms with van der Waals surface area (Å²) >= 11 is 3.28. The number of nitrogens with one attached hydrogen (secondary N) is 1. The Morgan fingerprint density at radius 1 is 1.26 bits per heavy atom. The van der Waals surface area contributed by atoms with Gasteiger partial charge in [-0.2, -0.15) is 13.2 Å². The Morgan fingerprint density at radius 2 is 2.00 bits per heavy atom. The monoisotopic (exact) mass is 496 g/mol. The fourth-order valence-electron chi connectivity index (χ4n) is 2.97. The predicted octanol–water partition coefficient (Wildman–Crippen LogP) is 5.00. The number of halogens is 4. The molecule has 0 saturated carbocycles. The first-order chi connectivity index (χ1) is 14.7. The summed E-state index contributed by atoms with van der Waals surface area (Å²) in [5.74, 6) is -0.377. The number of benzene rings is 1. The highest BCUT2D eigenvalue weighted by atomic mass is 79.9. The third-order valence-corrected chi connectivity index (χ3v) is 5.11. The van der Waals surface area contributed by atoms with Crippen LogP contribution >= 0.6 is 15.9 Å². The highest BCUT2D eigenvalue weighted by Crippen LogP contribution is 2.26. The first-order valence-corrected chi connectivity index (χ1v) is 10.3. The molecule has 1 aromatic heterocycles. The van der Waals surface area contributed by atoms with Crippen LogP contribution < -0.4 is 11.1 Å². The number of aliphatic imine (C=N–C) groups is 1. The van der Waals surface area contributed by atoms with E-state index in [-0.39, 0.29) is 23.1 Å². The van der Waals surface area contributed by atoms with Gasteiger partial charge in [-0.25, -0.2) is 9.98 Å². The zero-order chi connectivity index (χ0) is 22.4. The summed E-state index contributed by atoms with van der Waals surface area (Å²) in [5.41, 5.74) is 5.32. The van der Waals surface area contributed by atoms with E-state index < -0.39 is 17.8 Å². The molecule has 2 aromatic rings. The predicted molar refractivity (Wildman–Crippen MR) is 115 cm³/mol. The summed E-state index contributed by atoms with van der Waals surface area (Å²) in [7, 11) is 0. The van der Waals surface area contributed by atoms with Crippen molar-refractivity contribution in [3.63, 3.8) is 0 Å². The van der Waals surface area contributed by atoms with E-state index in [2.05, 4.69) is 31.2 Å². The zero-order valence-electron chi connectivity index (χ0n) is 16.3. The van der Waals surface area contributed by atoms with E-state index in [9.17, 15) is 18.0 Å². The first-order valence-electron chi connectivity index (χ1n) is 9.46. The summed E-state index contributed by atoms with van der Waals surface area (Å²) in [6.07, 6.45) is -1.51. The molecule has 1 amide bonds. The lowest BCUT2D eigenvalue weighted by Gasteiger charge is -2.22. The van der Waals surface area contributed by atoms with Gasteiger partial charge < -0.3 is 15.8 Å². The Kier molecular flexibility index (Phi) is 7.45. The van der Waals surface area contributed by atoms with Crippen LogP contribution in [0.4, 0.5) is 24.7 Å². The van der Waals surface area contributed by atoms with Crippen LogP contribution in [0.2, 0.25) is 0 Å². The largest absolute Gasteiger partial charge is 0.433 e. The van der Waals surface area contributed by atoms with Crippen LogP contribution in [0.1, 0.15) is 23.2 Å². The van der Waals surface area contributed by atoms with Crippen molar-refractivity contribution in [1.82, 2.24) is 4.98 Å². The Hall–Kier alpha value is -2.72. The number of carbonyl (C=O) groups excluding carboxylic acids is 1. The number of carbonyl (C=O) groups is 1. The number of aromatic nitrogens is 1. The number of anilines is 1. The van der Waals surface area contributed by atoms with Gasteiger partial charge in [0.1, 0.15) is 11.5 Å². The number of hydrogen-bond donors (Lipinski definition) is 2. The number of pyridine rings is 1. The van der Waals surface area contributed by atoms with E-state index >= 15 is 0 Å². The Labute approximate surface area is 185 Å². The maximum absolute atomic E-state index is 13.5. The van der Waals surface area contributed by atoms with E-state index in [4.69, 9.17) is 10.5 Å². The standard InChI is InChI=1S/C21H20BrF3N4O2/c22-15-3-1-2-14(10-15)20(30)29-19-5-4-16(12-27-19)28-18(21(23,24)25)11-17(26)13-6-8-31-9-7-13/h1-5,10-13H,6-9,26H2,(H,27,29,30). The molecule has 0 atom stereocenters. The van der Waals surface area contributed by atoms with E-state index in [1.54, 1.807) is 24.3 Å². The zero-order valence-corrected chi connectivity index (χ0v) is 17.9. The van der Waals surface area contributed by atoms with Gasteiger partial charge in [0, 0.05) is 34.9 Å². The fourth-order valence-corrected chi connectivity index (χ4v) is 3.37. The SMILES string of the molecule is NC(=CC(=Nc1ccc(NC(=O)c2cccc(Br)c2)nc1)C(F)(F)F)C1CCOCC1. The molecular weight excluding hydrogens is 477 g/mol. The molecule has 31 heavy (non-hydrogen) atoms. The average Bonchev–Trinajstić information content (AvgIpc) is 2.74. The number of amides is 1. The van der Waals surface area contributed by atoms with Crippen molar-refractivity contribution < 1.29 is 22.7 Å². The smallest absolute Gasteiger partial charge is 0.402 e. The van der Waals surface area contributed by atoms with E-state index in [1.807, 2.05) is 0 Å². The average molecular weight is 497 g/mol. The molecule has 0 radical (unpaired) electrons. The highest BCUT2D eigenvalue weighted by Gasteiger charge is 2.35. The van der Waals surface area contributed by atoms with Crippen molar-refractivity contribution >= 4 is 39.1 Å². The van der Waals surface area contributed by atoms with E-state index in [0.717, 1.165) is 16.7 Å². The molecule has 2 heterocycles. The minimum Gasteiger partial charge on any atom is -0.402 e. The van der Waals surface area contributed by atoms with Crippen molar-refractivity contribution in [3.05, 3.63) is 64.4 Å². The van der Waals surface area contributed by atoms with Gasteiger partial charge in [-0.05, 0) is 49.2 Å². The molecule has 3 N–H and O–H groups in total. The lowest BCUT2D eigenvalue weighted by Crippen LogP contribution is -2.26. The number of allylic oxidation sites excluding steroid dienone is 2. The molecule has 0 bridgehead atoms. The summed E-state index contributed by atoms with van der Waals surface area (Å²) in [6.45, 7) is 0.934. The molecule has 1 fully saturated rings. The number of nitrogens with zero attached hydrogens (tertiary/aromatic N) is 2. The molecule has 0 spiro atoms. The van der Waals surface area contributed by atoms with Gasteiger partial charge in [0.2, 0.25) is 0 Å². The lowest BCUT2D eigenvalue weighted by atomic mass is 9.96.